The number of carbonyl (C=O) groups excluding carboxylic acids is 2. The van der Waals surface area contributed by atoms with E-state index in [-0.39, 0.29) is 17.5 Å². The summed E-state index contributed by atoms with van der Waals surface area (Å²) < 4.78 is 5.14. The van der Waals surface area contributed by atoms with E-state index in [0.29, 0.717) is 17.1 Å². The molecule has 1 amide bonds. The van der Waals surface area contributed by atoms with E-state index >= 15 is 0 Å². The molecule has 3 aromatic rings. The van der Waals surface area contributed by atoms with Crippen LogP contribution in [0.4, 0.5) is 0 Å². The monoisotopic (exact) mass is 359 g/mol. The Kier molecular flexibility index (Phi) is 5.29. The molecule has 3 rings (SSSR count). The topological polar surface area (TPSA) is 81.2 Å². The van der Waals surface area contributed by atoms with Gasteiger partial charge in [0, 0.05) is 11.9 Å². The van der Waals surface area contributed by atoms with Gasteiger partial charge in [0.05, 0.1) is 5.56 Å². The van der Waals surface area contributed by atoms with Crippen LogP contribution in [0.2, 0.25) is 0 Å². The van der Waals surface area contributed by atoms with Gasteiger partial charge in [0.1, 0.15) is 6.61 Å². The normalized spacial score (nSPS) is 10.3. The number of rotatable bonds is 6. The number of thiophene rings is 1. The van der Waals surface area contributed by atoms with E-state index in [0.717, 1.165) is 16.9 Å². The number of hydrogen-bond acceptors (Lipinski definition) is 7. The van der Waals surface area contributed by atoms with Crippen molar-refractivity contribution in [3.8, 4) is 0 Å². The van der Waals surface area contributed by atoms with Crippen molar-refractivity contribution < 1.29 is 14.3 Å². The Morgan fingerprint density at radius 1 is 1.12 bits per heavy atom. The molecule has 1 aromatic carbocycles. The summed E-state index contributed by atoms with van der Waals surface area (Å²) in [5.41, 5.74) is 1.51. The number of benzene rings is 1. The van der Waals surface area contributed by atoms with Gasteiger partial charge in [-0.3, -0.25) is 4.79 Å². The smallest absolute Gasteiger partial charge is 0.339 e. The number of nitrogens with one attached hydrogen (secondary N) is 1. The van der Waals surface area contributed by atoms with Gasteiger partial charge in [-0.15, -0.1) is 10.2 Å². The van der Waals surface area contributed by atoms with Crippen LogP contribution in [0.1, 0.15) is 30.7 Å². The van der Waals surface area contributed by atoms with Crippen LogP contribution in [0, 0.1) is 0 Å². The fraction of sp³-hybridized carbons (Fsp3) is 0.125. The Hall–Kier alpha value is -2.58. The molecule has 0 aliphatic rings. The van der Waals surface area contributed by atoms with E-state index in [1.807, 2.05) is 30.3 Å². The van der Waals surface area contributed by atoms with E-state index in [2.05, 4.69) is 15.5 Å². The van der Waals surface area contributed by atoms with Crippen molar-refractivity contribution in [2.75, 3.05) is 0 Å². The number of ether oxygens (including phenoxy) is 1. The quantitative estimate of drug-likeness (QED) is 0.685. The highest BCUT2D eigenvalue weighted by Gasteiger charge is 2.14. The summed E-state index contributed by atoms with van der Waals surface area (Å²) in [6.07, 6.45) is 0. The van der Waals surface area contributed by atoms with Crippen molar-refractivity contribution >= 4 is 34.6 Å². The van der Waals surface area contributed by atoms with Gasteiger partial charge < -0.3 is 10.1 Å². The first-order valence-electron chi connectivity index (χ1n) is 7.06. The fourth-order valence-electron chi connectivity index (χ4n) is 1.85. The predicted octanol–water partition coefficient (Wildman–Crippen LogP) is 2.89. The molecule has 2 aromatic heterocycles. The maximum atomic E-state index is 12.0. The third-order valence-electron chi connectivity index (χ3n) is 3.04. The Labute approximate surface area is 146 Å². The van der Waals surface area contributed by atoms with Crippen molar-refractivity contribution in [2.24, 2.45) is 0 Å². The van der Waals surface area contributed by atoms with Crippen molar-refractivity contribution in [2.45, 2.75) is 13.2 Å². The molecule has 0 radical (unpaired) electrons. The maximum Gasteiger partial charge on any atom is 0.339 e. The second-order valence-corrected chi connectivity index (χ2v) is 6.60. The number of carbonyl (C=O) groups is 2. The van der Waals surface area contributed by atoms with Crippen LogP contribution < -0.4 is 5.32 Å². The number of esters is 1. The molecule has 0 unspecified atom stereocenters. The minimum absolute atomic E-state index is 0.00167. The van der Waals surface area contributed by atoms with Gasteiger partial charge in [0.2, 0.25) is 5.01 Å². The standard InChI is InChI=1S/C16H13N3O3S2/c20-14(17-8-11-4-2-1-3-5-11)15-19-18-13(24-15)9-22-16(21)12-6-7-23-10-12/h1-7,10H,8-9H2,(H,17,20). The molecule has 0 saturated heterocycles. The average molecular weight is 359 g/mol. The lowest BCUT2D eigenvalue weighted by molar-refractivity contribution is 0.0472. The lowest BCUT2D eigenvalue weighted by Gasteiger charge is -2.02. The molecule has 0 bridgehead atoms. The van der Waals surface area contributed by atoms with Gasteiger partial charge in [-0.05, 0) is 17.0 Å². The highest BCUT2D eigenvalue weighted by atomic mass is 32.1. The summed E-state index contributed by atoms with van der Waals surface area (Å²) in [6, 6.07) is 11.3. The van der Waals surface area contributed by atoms with Crippen LogP contribution in [-0.4, -0.2) is 22.1 Å². The van der Waals surface area contributed by atoms with Crippen LogP contribution in [0.25, 0.3) is 0 Å². The predicted molar refractivity (Wildman–Crippen MR) is 91.0 cm³/mol. The summed E-state index contributed by atoms with van der Waals surface area (Å²) in [7, 11) is 0. The summed E-state index contributed by atoms with van der Waals surface area (Å²) in [5.74, 6) is -0.715. The van der Waals surface area contributed by atoms with Gasteiger partial charge in [0.25, 0.3) is 5.91 Å². The van der Waals surface area contributed by atoms with Gasteiger partial charge in [-0.25, -0.2) is 4.79 Å². The molecular weight excluding hydrogens is 346 g/mol. The second-order valence-electron chi connectivity index (χ2n) is 4.76. The Balaban J connectivity index is 1.51. The fourth-order valence-corrected chi connectivity index (χ4v) is 3.14. The van der Waals surface area contributed by atoms with Crippen LogP contribution in [0.15, 0.2) is 47.2 Å². The van der Waals surface area contributed by atoms with Gasteiger partial charge in [-0.2, -0.15) is 11.3 Å². The van der Waals surface area contributed by atoms with Crippen molar-refractivity contribution in [3.05, 3.63) is 68.3 Å². The number of hydrogen-bond donors (Lipinski definition) is 1. The minimum Gasteiger partial charge on any atom is -0.455 e. The Morgan fingerprint density at radius 2 is 1.96 bits per heavy atom. The van der Waals surface area contributed by atoms with Gasteiger partial charge >= 0.3 is 5.97 Å². The molecule has 24 heavy (non-hydrogen) atoms. The van der Waals surface area contributed by atoms with Gasteiger partial charge in [-0.1, -0.05) is 41.7 Å². The van der Waals surface area contributed by atoms with Gasteiger partial charge in [0.15, 0.2) is 5.01 Å². The molecule has 0 spiro atoms. The lowest BCUT2D eigenvalue weighted by atomic mass is 10.2. The van der Waals surface area contributed by atoms with Crippen LogP contribution in [0.3, 0.4) is 0 Å². The number of amides is 1. The van der Waals surface area contributed by atoms with Crippen LogP contribution in [-0.2, 0) is 17.9 Å². The van der Waals surface area contributed by atoms with E-state index in [4.69, 9.17) is 4.74 Å². The summed E-state index contributed by atoms with van der Waals surface area (Å²) in [5, 5.41) is 14.7. The average Bonchev–Trinajstić information content (AvgIpc) is 3.30. The molecular formula is C16H13N3O3S2. The Bertz CT molecular complexity index is 816. The third kappa shape index (κ3) is 4.24. The van der Waals surface area contributed by atoms with E-state index in [9.17, 15) is 9.59 Å². The highest BCUT2D eigenvalue weighted by Crippen LogP contribution is 2.13. The first-order valence-corrected chi connectivity index (χ1v) is 8.82. The Morgan fingerprint density at radius 3 is 2.71 bits per heavy atom. The summed E-state index contributed by atoms with van der Waals surface area (Å²) in [6.45, 7) is 0.417. The zero-order valence-electron chi connectivity index (χ0n) is 12.5. The summed E-state index contributed by atoms with van der Waals surface area (Å²) in [4.78, 5) is 23.8. The molecule has 2 heterocycles. The van der Waals surface area contributed by atoms with E-state index < -0.39 is 5.97 Å². The molecule has 0 saturated carbocycles. The first kappa shape index (κ1) is 16.3. The summed E-state index contributed by atoms with van der Waals surface area (Å²) >= 11 is 2.53. The molecule has 0 fully saturated rings. The molecule has 1 N–H and O–H groups in total. The van der Waals surface area contributed by atoms with Crippen molar-refractivity contribution in [3.63, 3.8) is 0 Å². The van der Waals surface area contributed by atoms with E-state index in [1.54, 1.807) is 16.8 Å². The largest absolute Gasteiger partial charge is 0.455 e. The zero-order chi connectivity index (χ0) is 16.8. The molecule has 0 aliphatic carbocycles. The maximum absolute atomic E-state index is 12.0. The minimum atomic E-state index is -0.415. The number of aromatic nitrogens is 2. The molecule has 0 atom stereocenters. The first-order chi connectivity index (χ1) is 11.7. The second kappa shape index (κ2) is 7.80. The van der Waals surface area contributed by atoms with Crippen molar-refractivity contribution in [1.29, 1.82) is 0 Å². The lowest BCUT2D eigenvalue weighted by Crippen LogP contribution is -2.22. The molecule has 8 heteroatoms. The van der Waals surface area contributed by atoms with Crippen LogP contribution >= 0.6 is 22.7 Å². The van der Waals surface area contributed by atoms with E-state index in [1.165, 1.54) is 11.3 Å². The third-order valence-corrected chi connectivity index (χ3v) is 4.62. The van der Waals surface area contributed by atoms with Crippen molar-refractivity contribution in [1.82, 2.24) is 15.5 Å². The molecule has 0 aliphatic heterocycles. The highest BCUT2D eigenvalue weighted by molar-refractivity contribution is 7.13. The molecule has 122 valence electrons. The number of nitrogens with zero attached hydrogens (tertiary/aromatic N) is 2. The SMILES string of the molecule is O=C(OCc1nnc(C(=O)NCc2ccccc2)s1)c1ccsc1. The van der Waals surface area contributed by atoms with Crippen LogP contribution in [0.5, 0.6) is 0 Å². The zero-order valence-corrected chi connectivity index (χ0v) is 14.1. The molecule has 6 nitrogen and oxygen atoms in total.